The van der Waals surface area contributed by atoms with E-state index >= 15 is 0 Å². The third-order valence-corrected chi connectivity index (χ3v) is 5.26. The minimum atomic E-state index is -0.204. The van der Waals surface area contributed by atoms with Crippen molar-refractivity contribution in [2.75, 3.05) is 26.2 Å². The van der Waals surface area contributed by atoms with Crippen molar-refractivity contribution in [3.8, 4) is 0 Å². The van der Waals surface area contributed by atoms with Crippen molar-refractivity contribution in [1.82, 2.24) is 10.6 Å². The summed E-state index contributed by atoms with van der Waals surface area (Å²) in [5, 5.41) is 5.58. The smallest absolute Gasteiger partial charge is 0.251 e. The lowest BCUT2D eigenvalue weighted by atomic mass is 10.0. The minimum absolute atomic E-state index is 0.0265. The summed E-state index contributed by atoms with van der Waals surface area (Å²) in [4.78, 5) is 25.6. The van der Waals surface area contributed by atoms with E-state index < -0.39 is 0 Å². The van der Waals surface area contributed by atoms with Crippen LogP contribution in [0.3, 0.4) is 0 Å². The summed E-state index contributed by atoms with van der Waals surface area (Å²) in [5.41, 5.74) is 2.82. The molecule has 0 spiro atoms. The molecule has 1 aliphatic heterocycles. The predicted molar refractivity (Wildman–Crippen MR) is 99.9 cm³/mol. The van der Waals surface area contributed by atoms with E-state index in [0.29, 0.717) is 12.1 Å². The van der Waals surface area contributed by atoms with Gasteiger partial charge in [0.05, 0.1) is 25.7 Å². The van der Waals surface area contributed by atoms with E-state index in [1.807, 2.05) is 26.0 Å². The van der Waals surface area contributed by atoms with Crippen LogP contribution in [0.2, 0.25) is 0 Å². The van der Waals surface area contributed by atoms with Crippen LogP contribution in [-0.4, -0.2) is 44.0 Å². The van der Waals surface area contributed by atoms with Gasteiger partial charge in [-0.25, -0.2) is 0 Å². The zero-order valence-corrected chi connectivity index (χ0v) is 15.8. The Morgan fingerprint density at radius 1 is 1.16 bits per heavy atom. The fourth-order valence-corrected chi connectivity index (χ4v) is 3.38. The molecule has 1 unspecified atom stereocenters. The molecule has 138 valence electrons. The van der Waals surface area contributed by atoms with Crippen LogP contribution in [0, 0.1) is 13.8 Å². The molecule has 1 fully saturated rings. The molecule has 0 radical (unpaired) electrons. The number of carbonyl (C=O) groups is 2. The largest absolute Gasteiger partial charge is 0.354 e. The summed E-state index contributed by atoms with van der Waals surface area (Å²) >= 11 is 0. The van der Waals surface area contributed by atoms with Crippen molar-refractivity contribution >= 4 is 11.8 Å². The summed E-state index contributed by atoms with van der Waals surface area (Å²) in [6.07, 6.45) is 4.96. The van der Waals surface area contributed by atoms with Crippen LogP contribution in [0.15, 0.2) is 18.2 Å². The molecule has 0 aliphatic carbocycles. The molecule has 2 amide bonds. The Hall–Kier alpha value is -1.88. The van der Waals surface area contributed by atoms with E-state index in [9.17, 15) is 9.59 Å². The van der Waals surface area contributed by atoms with E-state index in [4.69, 9.17) is 0 Å². The van der Waals surface area contributed by atoms with Gasteiger partial charge in [-0.1, -0.05) is 6.07 Å². The molecule has 5 nitrogen and oxygen atoms in total. The quantitative estimate of drug-likeness (QED) is 0.645. The highest BCUT2D eigenvalue weighted by molar-refractivity contribution is 5.96. The first-order chi connectivity index (χ1) is 12.0. The van der Waals surface area contributed by atoms with Crippen molar-refractivity contribution in [2.45, 2.75) is 52.5 Å². The van der Waals surface area contributed by atoms with Crippen LogP contribution in [-0.2, 0) is 4.79 Å². The van der Waals surface area contributed by atoms with Gasteiger partial charge in [-0.05, 0) is 63.3 Å². The van der Waals surface area contributed by atoms with Gasteiger partial charge in [0.25, 0.3) is 5.91 Å². The van der Waals surface area contributed by atoms with Crippen LogP contribution in [0.5, 0.6) is 0 Å². The number of nitrogens with one attached hydrogen (secondary N) is 3. The van der Waals surface area contributed by atoms with Crippen molar-refractivity contribution < 1.29 is 14.5 Å². The first-order valence-electron chi connectivity index (χ1n) is 9.44. The van der Waals surface area contributed by atoms with Gasteiger partial charge in [-0.3, -0.25) is 9.59 Å². The number of benzene rings is 1. The molecule has 3 N–H and O–H groups in total. The van der Waals surface area contributed by atoms with Gasteiger partial charge in [0.15, 0.2) is 0 Å². The van der Waals surface area contributed by atoms with Crippen LogP contribution in [0.25, 0.3) is 0 Å². The molecule has 25 heavy (non-hydrogen) atoms. The van der Waals surface area contributed by atoms with Gasteiger partial charge >= 0.3 is 0 Å². The highest BCUT2D eigenvalue weighted by Crippen LogP contribution is 2.09. The van der Waals surface area contributed by atoms with Gasteiger partial charge < -0.3 is 15.5 Å². The number of amides is 2. The summed E-state index contributed by atoms with van der Waals surface area (Å²) in [5.74, 6) is -0.330. The molecule has 1 aromatic carbocycles. The lowest BCUT2D eigenvalue weighted by Gasteiger charge is -2.30. The average Bonchev–Trinajstić information content (AvgIpc) is 2.60. The molecule has 1 heterocycles. The highest BCUT2D eigenvalue weighted by Gasteiger charge is 2.20. The van der Waals surface area contributed by atoms with Crippen LogP contribution >= 0.6 is 0 Å². The van der Waals surface area contributed by atoms with E-state index in [-0.39, 0.29) is 18.4 Å². The van der Waals surface area contributed by atoms with Crippen molar-refractivity contribution in [2.24, 2.45) is 0 Å². The van der Waals surface area contributed by atoms with E-state index in [0.717, 1.165) is 30.1 Å². The second kappa shape index (κ2) is 9.56. The predicted octanol–water partition coefficient (Wildman–Crippen LogP) is 0.997. The average molecular weight is 346 g/mol. The lowest BCUT2D eigenvalue weighted by molar-refractivity contribution is -0.928. The second-order valence-electron chi connectivity index (χ2n) is 7.24. The number of likely N-dealkylation sites (tertiary alicyclic amines) is 1. The zero-order chi connectivity index (χ0) is 18.2. The van der Waals surface area contributed by atoms with Gasteiger partial charge in [0, 0.05) is 18.5 Å². The van der Waals surface area contributed by atoms with Gasteiger partial charge in [-0.15, -0.1) is 0 Å². The minimum Gasteiger partial charge on any atom is -0.354 e. The molecule has 0 saturated carbocycles. The SMILES string of the molecule is Cc1ccc(C(=O)NCC(=O)NCCC[NH+]2CCCC[C@@H]2C)cc1C. The molecular weight excluding hydrogens is 314 g/mol. The highest BCUT2D eigenvalue weighted by atomic mass is 16.2. The van der Waals surface area contributed by atoms with Crippen molar-refractivity contribution in [3.05, 3.63) is 34.9 Å². The summed E-state index contributed by atoms with van der Waals surface area (Å²) in [7, 11) is 0. The van der Waals surface area contributed by atoms with Gasteiger partial charge in [-0.2, -0.15) is 0 Å². The first-order valence-corrected chi connectivity index (χ1v) is 9.44. The third kappa shape index (κ3) is 6.16. The fraction of sp³-hybridized carbons (Fsp3) is 0.600. The molecule has 1 aliphatic rings. The number of hydrogen-bond acceptors (Lipinski definition) is 2. The fourth-order valence-electron chi connectivity index (χ4n) is 3.38. The number of carbonyl (C=O) groups excluding carboxylic acids is 2. The standard InChI is InChI=1S/C20H31N3O2/c1-15-8-9-18(13-16(15)2)20(25)22-14-19(24)21-10-6-12-23-11-5-4-7-17(23)3/h8-9,13,17H,4-7,10-12,14H2,1-3H3,(H,21,24)(H,22,25)/p+1/t17-/m0/s1. The number of quaternary nitrogens is 1. The van der Waals surface area contributed by atoms with Crippen LogP contribution in [0.4, 0.5) is 0 Å². The number of rotatable bonds is 7. The lowest BCUT2D eigenvalue weighted by Crippen LogP contribution is -3.16. The third-order valence-electron chi connectivity index (χ3n) is 5.26. The summed E-state index contributed by atoms with van der Waals surface area (Å²) in [6, 6.07) is 6.30. The number of piperidine rings is 1. The number of hydrogen-bond donors (Lipinski definition) is 3. The van der Waals surface area contributed by atoms with E-state index in [1.165, 1.54) is 25.8 Å². The van der Waals surface area contributed by atoms with E-state index in [2.05, 4.69) is 17.6 Å². The van der Waals surface area contributed by atoms with Gasteiger partial charge in [0.2, 0.25) is 5.91 Å². The maximum atomic E-state index is 12.1. The van der Waals surface area contributed by atoms with E-state index in [1.54, 1.807) is 11.0 Å². The Morgan fingerprint density at radius 3 is 2.68 bits per heavy atom. The number of aryl methyl sites for hydroxylation is 2. The Balaban J connectivity index is 1.63. The molecule has 0 bridgehead atoms. The van der Waals surface area contributed by atoms with Gasteiger partial charge in [0.1, 0.15) is 0 Å². The van der Waals surface area contributed by atoms with Crippen molar-refractivity contribution in [1.29, 1.82) is 0 Å². The molecule has 1 aromatic rings. The Bertz CT molecular complexity index is 601. The normalized spacial score (nSPS) is 20.1. The van der Waals surface area contributed by atoms with Crippen LogP contribution < -0.4 is 15.5 Å². The Morgan fingerprint density at radius 2 is 1.96 bits per heavy atom. The molecule has 1 saturated heterocycles. The summed E-state index contributed by atoms with van der Waals surface area (Å²) in [6.45, 7) is 9.36. The maximum Gasteiger partial charge on any atom is 0.251 e. The molecule has 0 aromatic heterocycles. The molecule has 2 rings (SSSR count). The molecular formula is C20H32N3O2+. The zero-order valence-electron chi connectivity index (χ0n) is 15.8. The Labute approximate surface area is 151 Å². The van der Waals surface area contributed by atoms with Crippen LogP contribution in [0.1, 0.15) is 54.1 Å². The second-order valence-corrected chi connectivity index (χ2v) is 7.24. The molecule has 5 heteroatoms. The first kappa shape index (κ1) is 19.4. The Kier molecular flexibility index (Phi) is 7.44. The maximum absolute atomic E-state index is 12.1. The monoisotopic (exact) mass is 346 g/mol. The van der Waals surface area contributed by atoms with Crippen molar-refractivity contribution in [3.63, 3.8) is 0 Å². The molecule has 2 atom stereocenters. The summed E-state index contributed by atoms with van der Waals surface area (Å²) < 4.78 is 0. The topological polar surface area (TPSA) is 62.6 Å².